The van der Waals surface area contributed by atoms with Gasteiger partial charge < -0.3 is 15.2 Å². The highest BCUT2D eigenvalue weighted by molar-refractivity contribution is 5.93. The van der Waals surface area contributed by atoms with Crippen molar-refractivity contribution in [2.75, 3.05) is 0 Å². The lowest BCUT2D eigenvalue weighted by molar-refractivity contribution is 0.0697. The van der Waals surface area contributed by atoms with Gasteiger partial charge in [0, 0.05) is 0 Å². The number of phenols is 1. The summed E-state index contributed by atoms with van der Waals surface area (Å²) in [5.41, 5.74) is 3.50. The van der Waals surface area contributed by atoms with E-state index >= 15 is 0 Å². The molecule has 3 N–H and O–H groups in total. The molecule has 1 aromatic heterocycles. The summed E-state index contributed by atoms with van der Waals surface area (Å²) in [5.74, 6) is -0.351. The Labute approximate surface area is 177 Å². The number of hydrogen-bond donors (Lipinski definition) is 3. The molecule has 0 saturated carbocycles. The number of hydrogen-bond acceptors (Lipinski definition) is 3. The summed E-state index contributed by atoms with van der Waals surface area (Å²) in [4.78, 5) is 18.3. The van der Waals surface area contributed by atoms with E-state index in [1.165, 1.54) is 30.5 Å². The van der Waals surface area contributed by atoms with Crippen molar-refractivity contribution in [1.82, 2.24) is 9.97 Å². The maximum absolute atomic E-state index is 10.9. The number of phenolic OH excluding ortho intramolecular Hbond substituents is 1. The molecule has 1 heterocycles. The van der Waals surface area contributed by atoms with E-state index in [4.69, 9.17) is 5.11 Å². The molecule has 3 aromatic carbocycles. The lowest BCUT2D eigenvalue weighted by atomic mass is 10.1. The summed E-state index contributed by atoms with van der Waals surface area (Å²) in [7, 11) is 0. The number of aryl methyl sites for hydroxylation is 1. The average Bonchev–Trinajstić information content (AvgIpc) is 3.20. The van der Waals surface area contributed by atoms with E-state index in [1.54, 1.807) is 30.3 Å². The minimum Gasteiger partial charge on any atom is -0.507 e. The van der Waals surface area contributed by atoms with Crippen molar-refractivity contribution < 1.29 is 15.0 Å². The Kier molecular flexibility index (Phi) is 8.63. The molecule has 0 spiro atoms. The molecule has 0 atom stereocenters. The van der Waals surface area contributed by atoms with Gasteiger partial charge in [-0.3, -0.25) is 0 Å². The number of aromatic carboxylic acids is 1. The Morgan fingerprint density at radius 3 is 2.27 bits per heavy atom. The van der Waals surface area contributed by atoms with Crippen LogP contribution in [0.5, 0.6) is 5.75 Å². The van der Waals surface area contributed by atoms with Crippen LogP contribution in [-0.4, -0.2) is 26.2 Å². The van der Waals surface area contributed by atoms with Crippen LogP contribution in [0.25, 0.3) is 22.4 Å². The molecule has 5 heteroatoms. The fourth-order valence-electron chi connectivity index (χ4n) is 2.88. The van der Waals surface area contributed by atoms with E-state index in [2.05, 4.69) is 47.2 Å². The first-order chi connectivity index (χ1) is 14.6. The van der Waals surface area contributed by atoms with Crippen molar-refractivity contribution in [3.63, 3.8) is 0 Å². The fraction of sp³-hybridized carbons (Fsp3) is 0.200. The van der Waals surface area contributed by atoms with Gasteiger partial charge in [-0.25, -0.2) is 9.78 Å². The first kappa shape index (κ1) is 22.7. The molecule has 0 aliphatic heterocycles. The first-order valence-electron chi connectivity index (χ1n) is 10.1. The van der Waals surface area contributed by atoms with Crippen molar-refractivity contribution in [1.29, 1.82) is 0 Å². The van der Waals surface area contributed by atoms with Gasteiger partial charge >= 0.3 is 5.97 Å². The number of aromatic hydroxyl groups is 1. The summed E-state index contributed by atoms with van der Waals surface area (Å²) in [6.45, 7) is 6.20. The number of carboxylic acids is 1. The highest BCUT2D eigenvalue weighted by atomic mass is 16.4. The molecule has 0 radical (unpaired) electrons. The molecular formula is C25H28N2O3. The van der Waals surface area contributed by atoms with Crippen LogP contribution in [0.1, 0.15) is 43.1 Å². The number of carboxylic acid groups (broad SMARTS) is 1. The van der Waals surface area contributed by atoms with E-state index < -0.39 is 5.97 Å². The van der Waals surface area contributed by atoms with Gasteiger partial charge in [-0.1, -0.05) is 69.7 Å². The van der Waals surface area contributed by atoms with Gasteiger partial charge in [-0.15, -0.1) is 0 Å². The van der Waals surface area contributed by atoms with Crippen LogP contribution in [0.2, 0.25) is 0 Å². The van der Waals surface area contributed by atoms with Crippen molar-refractivity contribution in [3.05, 3.63) is 83.9 Å². The van der Waals surface area contributed by atoms with E-state index in [9.17, 15) is 9.90 Å². The fourth-order valence-corrected chi connectivity index (χ4v) is 2.88. The number of imidazole rings is 1. The molecule has 156 valence electrons. The minimum absolute atomic E-state index is 0.125. The van der Waals surface area contributed by atoms with Crippen LogP contribution < -0.4 is 0 Å². The van der Waals surface area contributed by atoms with Gasteiger partial charge in [0.1, 0.15) is 11.6 Å². The molecule has 0 amide bonds. The second-order valence-corrected chi connectivity index (χ2v) is 6.38. The number of nitrogens with one attached hydrogen (secondary N) is 1. The lowest BCUT2D eigenvalue weighted by Crippen LogP contribution is -1.94. The van der Waals surface area contributed by atoms with E-state index in [0.29, 0.717) is 22.4 Å². The van der Waals surface area contributed by atoms with Crippen molar-refractivity contribution in [3.8, 4) is 17.1 Å². The number of para-hydroxylation sites is 1. The minimum atomic E-state index is -0.986. The Bertz CT molecular complexity index is 1070. The van der Waals surface area contributed by atoms with Crippen LogP contribution in [0, 0.1) is 0 Å². The van der Waals surface area contributed by atoms with Crippen molar-refractivity contribution >= 4 is 17.0 Å². The number of rotatable bonds is 4. The Hall–Kier alpha value is -3.60. The molecular weight excluding hydrogens is 376 g/mol. The number of H-pyrrole nitrogens is 1. The number of aromatic amines is 1. The first-order valence-corrected chi connectivity index (χ1v) is 10.1. The van der Waals surface area contributed by atoms with Crippen LogP contribution in [0.4, 0.5) is 0 Å². The smallest absolute Gasteiger partial charge is 0.335 e. The number of carbonyl (C=O) groups is 1. The number of benzene rings is 3. The molecule has 30 heavy (non-hydrogen) atoms. The van der Waals surface area contributed by atoms with E-state index in [1.807, 2.05) is 13.8 Å². The topological polar surface area (TPSA) is 86.2 Å². The third kappa shape index (κ3) is 5.95. The van der Waals surface area contributed by atoms with Gasteiger partial charge in [-0.2, -0.15) is 0 Å². The van der Waals surface area contributed by atoms with Crippen molar-refractivity contribution in [2.45, 2.75) is 33.6 Å². The molecule has 0 aliphatic rings. The second-order valence-electron chi connectivity index (χ2n) is 6.38. The molecule has 0 bridgehead atoms. The zero-order valence-corrected chi connectivity index (χ0v) is 17.6. The van der Waals surface area contributed by atoms with Gasteiger partial charge in [0.2, 0.25) is 0 Å². The Morgan fingerprint density at radius 2 is 1.63 bits per heavy atom. The standard InChI is InChI=1S/C14H10N2O3.C9H12.C2H6/c17-12-4-2-1-3-9(12)13-15-10-6-5-8(14(18)19)7-11(10)16-13;1-2-6-9-7-4-3-5-8-9;1-2/h1-7,17H,(H,15,16)(H,18,19);3-5,7-8H,2,6H2,1H3;1-2H3. The van der Waals surface area contributed by atoms with Gasteiger partial charge in [0.15, 0.2) is 0 Å². The lowest BCUT2D eigenvalue weighted by Gasteiger charge is -1.98. The summed E-state index contributed by atoms with van der Waals surface area (Å²) in [6, 6.07) is 22.1. The van der Waals surface area contributed by atoms with Gasteiger partial charge in [0.25, 0.3) is 0 Å². The predicted molar refractivity (Wildman–Crippen MR) is 122 cm³/mol. The summed E-state index contributed by atoms with van der Waals surface area (Å²) < 4.78 is 0. The SMILES string of the molecule is CC.CCCc1ccccc1.O=C(O)c1ccc2nc(-c3ccccc3O)[nH]c2c1. The number of fused-ring (bicyclic) bond motifs is 1. The van der Waals surface area contributed by atoms with Gasteiger partial charge in [-0.05, 0) is 42.3 Å². The summed E-state index contributed by atoms with van der Waals surface area (Å²) in [6.07, 6.45) is 2.45. The molecule has 0 aliphatic carbocycles. The Morgan fingerprint density at radius 1 is 0.967 bits per heavy atom. The number of aromatic nitrogens is 2. The van der Waals surface area contributed by atoms with Crippen LogP contribution in [0.15, 0.2) is 72.8 Å². The van der Waals surface area contributed by atoms with Crippen LogP contribution in [-0.2, 0) is 6.42 Å². The molecule has 4 rings (SSSR count). The average molecular weight is 405 g/mol. The summed E-state index contributed by atoms with van der Waals surface area (Å²) >= 11 is 0. The van der Waals surface area contributed by atoms with Crippen LogP contribution in [0.3, 0.4) is 0 Å². The van der Waals surface area contributed by atoms with E-state index in [0.717, 1.165) is 0 Å². The summed E-state index contributed by atoms with van der Waals surface area (Å²) in [5, 5.41) is 18.7. The molecule has 4 aromatic rings. The molecule has 0 fully saturated rings. The second kappa shape index (κ2) is 11.4. The maximum atomic E-state index is 10.9. The normalized spacial score (nSPS) is 9.83. The molecule has 5 nitrogen and oxygen atoms in total. The quantitative estimate of drug-likeness (QED) is 0.372. The highest BCUT2D eigenvalue weighted by Crippen LogP contribution is 2.28. The van der Waals surface area contributed by atoms with Crippen LogP contribution >= 0.6 is 0 Å². The monoisotopic (exact) mass is 404 g/mol. The molecule has 0 saturated heterocycles. The third-order valence-corrected chi connectivity index (χ3v) is 4.27. The maximum Gasteiger partial charge on any atom is 0.335 e. The largest absolute Gasteiger partial charge is 0.507 e. The van der Waals surface area contributed by atoms with E-state index in [-0.39, 0.29) is 11.3 Å². The van der Waals surface area contributed by atoms with Crippen molar-refractivity contribution in [2.24, 2.45) is 0 Å². The molecule has 0 unspecified atom stereocenters. The highest BCUT2D eigenvalue weighted by Gasteiger charge is 2.10. The predicted octanol–water partition coefficient (Wildman–Crippen LogP) is 6.30. The third-order valence-electron chi connectivity index (χ3n) is 4.27. The van der Waals surface area contributed by atoms with Gasteiger partial charge in [0.05, 0.1) is 22.2 Å². The Balaban J connectivity index is 0.000000245. The number of nitrogens with zero attached hydrogens (tertiary/aromatic N) is 1. The zero-order chi connectivity index (χ0) is 21.9. The zero-order valence-electron chi connectivity index (χ0n) is 17.6.